The van der Waals surface area contributed by atoms with Gasteiger partial charge in [-0.15, -0.1) is 0 Å². The van der Waals surface area contributed by atoms with Crippen LogP contribution in [-0.2, 0) is 9.53 Å². The number of hydrogen-bond donors (Lipinski definition) is 0. The highest BCUT2D eigenvalue weighted by molar-refractivity contribution is 5.76. The van der Waals surface area contributed by atoms with E-state index in [1.54, 1.807) is 6.07 Å². The molecule has 3 nitrogen and oxygen atoms in total. The minimum atomic E-state index is -3.95. The number of alkyl halides is 2. The van der Waals surface area contributed by atoms with Gasteiger partial charge in [-0.05, 0) is 12.1 Å². The number of esters is 1. The Morgan fingerprint density at radius 3 is 2.36 bits per heavy atom. The number of carbonyl (C=O) groups excluding carboxylic acids is 1. The second kappa shape index (κ2) is 4.04. The molecule has 0 atom stereocenters. The molecule has 0 aliphatic heterocycles. The maximum absolute atomic E-state index is 12.8. The van der Waals surface area contributed by atoms with Crippen LogP contribution in [0.3, 0.4) is 0 Å². The Hall–Kier alpha value is -1.65. The molecule has 0 saturated carbocycles. The Balaban J connectivity index is 2.73. The molecule has 1 aromatic carbocycles. The average molecular weight is 202 g/mol. The van der Waals surface area contributed by atoms with Gasteiger partial charge in [-0.1, -0.05) is 18.2 Å². The number of hydrogen-bond acceptors (Lipinski definition) is 3. The number of para-hydroxylation sites is 1. The van der Waals surface area contributed by atoms with Gasteiger partial charge in [0.15, 0.2) is 0 Å². The zero-order valence-electron chi connectivity index (χ0n) is 7.37. The molecule has 0 aliphatic carbocycles. The first-order valence-corrected chi connectivity index (χ1v) is 3.76. The van der Waals surface area contributed by atoms with Crippen molar-refractivity contribution < 1.29 is 23.0 Å². The molecule has 0 unspecified atom stereocenters. The van der Waals surface area contributed by atoms with E-state index >= 15 is 0 Å². The first kappa shape index (κ1) is 10.4. The first-order valence-electron chi connectivity index (χ1n) is 3.76. The van der Waals surface area contributed by atoms with Crippen molar-refractivity contribution >= 4 is 5.97 Å². The largest absolute Gasteiger partial charge is 0.502 e. The lowest BCUT2D eigenvalue weighted by Crippen LogP contribution is -2.36. The second-order valence-electron chi connectivity index (χ2n) is 2.42. The smallest absolute Gasteiger partial charge is 0.462 e. The normalized spacial score (nSPS) is 10.8. The predicted octanol–water partition coefficient (Wildman–Crippen LogP) is 1.83. The molecule has 14 heavy (non-hydrogen) atoms. The molecule has 0 aliphatic rings. The van der Waals surface area contributed by atoms with Gasteiger partial charge in [0.05, 0.1) is 7.11 Å². The Labute approximate surface area is 79.2 Å². The van der Waals surface area contributed by atoms with Gasteiger partial charge in [0, 0.05) is 0 Å². The Bertz CT molecular complexity index is 311. The van der Waals surface area contributed by atoms with Gasteiger partial charge in [-0.25, -0.2) is 4.79 Å². The van der Waals surface area contributed by atoms with Crippen LogP contribution in [0, 0.1) is 0 Å². The Morgan fingerprint density at radius 1 is 1.29 bits per heavy atom. The summed E-state index contributed by atoms with van der Waals surface area (Å²) in [4.78, 5) is 10.5. The molecule has 5 heteroatoms. The molecule has 0 spiro atoms. The van der Waals surface area contributed by atoms with Gasteiger partial charge in [0.2, 0.25) is 0 Å². The van der Waals surface area contributed by atoms with E-state index < -0.39 is 12.1 Å². The topological polar surface area (TPSA) is 35.5 Å². The van der Waals surface area contributed by atoms with Crippen LogP contribution >= 0.6 is 0 Å². The van der Waals surface area contributed by atoms with Gasteiger partial charge >= 0.3 is 12.1 Å². The van der Waals surface area contributed by atoms with Crippen LogP contribution in [0.1, 0.15) is 0 Å². The molecule has 1 aromatic rings. The summed E-state index contributed by atoms with van der Waals surface area (Å²) in [5.74, 6) is -1.82. The fourth-order valence-corrected chi connectivity index (χ4v) is 0.797. The van der Waals surface area contributed by atoms with Crippen LogP contribution in [0.4, 0.5) is 8.78 Å². The van der Waals surface area contributed by atoms with Gasteiger partial charge in [-0.3, -0.25) is 0 Å². The molecule has 0 heterocycles. The molecule has 0 fully saturated rings. The lowest BCUT2D eigenvalue weighted by Gasteiger charge is -2.14. The van der Waals surface area contributed by atoms with Gasteiger partial charge in [0.1, 0.15) is 5.75 Å². The van der Waals surface area contributed by atoms with E-state index in [4.69, 9.17) is 0 Å². The van der Waals surface area contributed by atoms with E-state index in [-0.39, 0.29) is 5.75 Å². The van der Waals surface area contributed by atoms with Crippen molar-refractivity contribution in [2.75, 3.05) is 7.11 Å². The van der Waals surface area contributed by atoms with Crippen LogP contribution in [0.25, 0.3) is 0 Å². The fraction of sp³-hybridized carbons (Fsp3) is 0.222. The third kappa shape index (κ3) is 2.42. The summed E-state index contributed by atoms with van der Waals surface area (Å²) >= 11 is 0. The Morgan fingerprint density at radius 2 is 1.86 bits per heavy atom. The average Bonchev–Trinajstić information content (AvgIpc) is 2.17. The van der Waals surface area contributed by atoms with Crippen LogP contribution in [0.5, 0.6) is 5.75 Å². The van der Waals surface area contributed by atoms with Crippen molar-refractivity contribution in [1.82, 2.24) is 0 Å². The third-order valence-electron chi connectivity index (χ3n) is 1.41. The second-order valence-corrected chi connectivity index (χ2v) is 2.42. The molecule has 0 saturated heterocycles. The summed E-state index contributed by atoms with van der Waals surface area (Å²) in [5.41, 5.74) is 0. The van der Waals surface area contributed by atoms with E-state index in [0.29, 0.717) is 0 Å². The molecular formula is C9H8F2O3. The highest BCUT2D eigenvalue weighted by Crippen LogP contribution is 2.21. The summed E-state index contributed by atoms with van der Waals surface area (Å²) in [7, 11) is 0.866. The lowest BCUT2D eigenvalue weighted by molar-refractivity contribution is -0.214. The lowest BCUT2D eigenvalue weighted by atomic mass is 10.3. The Kier molecular flexibility index (Phi) is 3.01. The molecule has 0 amide bonds. The third-order valence-corrected chi connectivity index (χ3v) is 1.41. The van der Waals surface area contributed by atoms with Crippen LogP contribution in [0.2, 0.25) is 0 Å². The van der Waals surface area contributed by atoms with Crippen molar-refractivity contribution in [3.05, 3.63) is 30.3 Å². The highest BCUT2D eigenvalue weighted by atomic mass is 19.3. The summed E-state index contributed by atoms with van der Waals surface area (Å²) in [6.45, 7) is 0. The quantitative estimate of drug-likeness (QED) is 0.701. The zero-order valence-corrected chi connectivity index (χ0v) is 7.37. The molecule has 0 aromatic heterocycles. The molecule has 0 bridgehead atoms. The number of halogens is 2. The van der Waals surface area contributed by atoms with Gasteiger partial charge in [-0.2, -0.15) is 8.78 Å². The van der Waals surface area contributed by atoms with Gasteiger partial charge in [0.25, 0.3) is 0 Å². The van der Waals surface area contributed by atoms with E-state index in [2.05, 4.69) is 9.47 Å². The minimum Gasteiger partial charge on any atom is -0.462 e. The maximum Gasteiger partial charge on any atom is 0.502 e. The SMILES string of the molecule is COC(=O)C(F)(F)Oc1ccccc1. The molecule has 1 rings (SSSR count). The monoisotopic (exact) mass is 202 g/mol. The van der Waals surface area contributed by atoms with Crippen LogP contribution in [0.15, 0.2) is 30.3 Å². The number of benzene rings is 1. The van der Waals surface area contributed by atoms with E-state index in [0.717, 1.165) is 7.11 Å². The van der Waals surface area contributed by atoms with Gasteiger partial charge < -0.3 is 9.47 Å². The number of methoxy groups -OCH3 is 1. The molecule has 0 radical (unpaired) electrons. The maximum atomic E-state index is 12.8. The van der Waals surface area contributed by atoms with Crippen molar-refractivity contribution in [2.24, 2.45) is 0 Å². The van der Waals surface area contributed by atoms with Crippen molar-refractivity contribution in [1.29, 1.82) is 0 Å². The summed E-state index contributed by atoms with van der Waals surface area (Å²) in [6.07, 6.45) is -3.95. The standard InChI is InChI=1S/C9H8F2O3/c1-13-8(12)9(10,11)14-7-5-3-2-4-6-7/h2-6H,1H3. The molecular weight excluding hydrogens is 194 g/mol. The highest BCUT2D eigenvalue weighted by Gasteiger charge is 2.43. The summed E-state index contributed by atoms with van der Waals surface area (Å²) in [6, 6.07) is 7.31. The molecule has 76 valence electrons. The van der Waals surface area contributed by atoms with Crippen molar-refractivity contribution in [3.8, 4) is 5.75 Å². The predicted molar refractivity (Wildman–Crippen MR) is 44.0 cm³/mol. The molecule has 0 N–H and O–H groups in total. The first-order chi connectivity index (χ1) is 6.56. The number of carbonyl (C=O) groups is 1. The fourth-order valence-electron chi connectivity index (χ4n) is 0.797. The van der Waals surface area contributed by atoms with Crippen molar-refractivity contribution in [3.63, 3.8) is 0 Å². The zero-order chi connectivity index (χ0) is 10.6. The van der Waals surface area contributed by atoms with Crippen LogP contribution < -0.4 is 4.74 Å². The summed E-state index contributed by atoms with van der Waals surface area (Å²) < 4.78 is 33.6. The summed E-state index contributed by atoms with van der Waals surface area (Å²) in [5, 5.41) is 0. The van der Waals surface area contributed by atoms with Crippen LogP contribution in [-0.4, -0.2) is 19.2 Å². The minimum absolute atomic E-state index is 0.0945. The van der Waals surface area contributed by atoms with E-state index in [1.807, 2.05) is 0 Å². The van der Waals surface area contributed by atoms with E-state index in [9.17, 15) is 13.6 Å². The number of rotatable bonds is 3. The van der Waals surface area contributed by atoms with Crippen molar-refractivity contribution in [2.45, 2.75) is 6.11 Å². The number of ether oxygens (including phenoxy) is 2. The van der Waals surface area contributed by atoms with E-state index in [1.165, 1.54) is 24.3 Å².